The zero-order valence-electron chi connectivity index (χ0n) is 10.8. The Hall–Kier alpha value is -1.91. The number of hydrogen-bond acceptors (Lipinski definition) is 4. The molecule has 0 saturated carbocycles. The first kappa shape index (κ1) is 14.2. The summed E-state index contributed by atoms with van der Waals surface area (Å²) in [7, 11) is 1.89. The summed E-state index contributed by atoms with van der Waals surface area (Å²) in [5, 5.41) is 10.6. The Labute approximate surface area is 107 Å². The van der Waals surface area contributed by atoms with Crippen LogP contribution in [0.5, 0.6) is 0 Å². The van der Waals surface area contributed by atoms with Gasteiger partial charge in [0, 0.05) is 37.0 Å². The lowest BCUT2D eigenvalue weighted by atomic mass is 10.1. The van der Waals surface area contributed by atoms with E-state index in [0.29, 0.717) is 11.8 Å². The summed E-state index contributed by atoms with van der Waals surface area (Å²) < 4.78 is 0. The van der Waals surface area contributed by atoms with Crippen LogP contribution in [0.25, 0.3) is 0 Å². The van der Waals surface area contributed by atoms with Crippen LogP contribution in [0, 0.1) is 10.1 Å². The van der Waals surface area contributed by atoms with Gasteiger partial charge in [0.05, 0.1) is 4.92 Å². The number of nitro benzene ring substituents is 1. The quantitative estimate of drug-likeness (QED) is 0.323. The maximum Gasteiger partial charge on any atom is 0.270 e. The molecule has 1 aromatic carbocycles. The number of anilines is 1. The van der Waals surface area contributed by atoms with E-state index in [2.05, 4.69) is 6.92 Å². The highest BCUT2D eigenvalue weighted by Crippen LogP contribution is 2.23. The lowest BCUT2D eigenvalue weighted by Gasteiger charge is -2.20. The first-order valence-electron chi connectivity index (χ1n) is 6.05. The molecule has 1 rings (SSSR count). The van der Waals surface area contributed by atoms with Crippen LogP contribution < -0.4 is 4.90 Å². The molecule has 0 fully saturated rings. The Morgan fingerprint density at radius 3 is 2.67 bits per heavy atom. The Kier molecular flexibility index (Phi) is 5.30. The second-order valence-electron chi connectivity index (χ2n) is 4.25. The van der Waals surface area contributed by atoms with E-state index in [9.17, 15) is 14.9 Å². The van der Waals surface area contributed by atoms with Crippen molar-refractivity contribution >= 4 is 17.7 Å². The van der Waals surface area contributed by atoms with E-state index < -0.39 is 4.92 Å². The minimum absolute atomic E-state index is 0.0530. The van der Waals surface area contributed by atoms with Crippen LogP contribution in [0.2, 0.25) is 0 Å². The molecule has 0 aliphatic rings. The van der Waals surface area contributed by atoms with Crippen molar-refractivity contribution < 1.29 is 9.72 Å². The summed E-state index contributed by atoms with van der Waals surface area (Å²) in [4.78, 5) is 23.1. The molecule has 0 spiro atoms. The van der Waals surface area contributed by atoms with Crippen LogP contribution in [0.1, 0.15) is 36.5 Å². The molecule has 0 bridgehead atoms. The Bertz CT molecular complexity index is 432. The van der Waals surface area contributed by atoms with Crippen molar-refractivity contribution in [2.24, 2.45) is 0 Å². The predicted octanol–water partition coefficient (Wildman–Crippen LogP) is 3.03. The van der Waals surface area contributed by atoms with Gasteiger partial charge in [0.15, 0.2) is 6.29 Å². The third-order valence-corrected chi connectivity index (χ3v) is 2.86. The average Bonchev–Trinajstić information content (AvgIpc) is 2.38. The highest BCUT2D eigenvalue weighted by atomic mass is 16.6. The molecule has 0 amide bonds. The van der Waals surface area contributed by atoms with Gasteiger partial charge in [0.1, 0.15) is 0 Å². The van der Waals surface area contributed by atoms with Crippen molar-refractivity contribution in [1.29, 1.82) is 0 Å². The maximum absolute atomic E-state index is 11.0. The first-order valence-corrected chi connectivity index (χ1v) is 6.05. The molecule has 98 valence electrons. The number of benzene rings is 1. The minimum atomic E-state index is -0.492. The highest BCUT2D eigenvalue weighted by molar-refractivity contribution is 5.85. The molecule has 18 heavy (non-hydrogen) atoms. The molecular weight excluding hydrogens is 232 g/mol. The van der Waals surface area contributed by atoms with E-state index in [0.717, 1.165) is 31.5 Å². The number of hydrogen-bond donors (Lipinski definition) is 0. The number of non-ortho nitro benzene ring substituents is 1. The van der Waals surface area contributed by atoms with Crippen LogP contribution in [0.15, 0.2) is 18.2 Å². The van der Waals surface area contributed by atoms with Gasteiger partial charge >= 0.3 is 0 Å². The average molecular weight is 250 g/mol. The van der Waals surface area contributed by atoms with Crippen LogP contribution >= 0.6 is 0 Å². The molecule has 5 heteroatoms. The van der Waals surface area contributed by atoms with Crippen LogP contribution in [0.3, 0.4) is 0 Å². The van der Waals surface area contributed by atoms with Gasteiger partial charge in [-0.25, -0.2) is 0 Å². The molecule has 0 saturated heterocycles. The maximum atomic E-state index is 11.0. The van der Waals surface area contributed by atoms with Crippen molar-refractivity contribution in [3.05, 3.63) is 33.9 Å². The standard InChI is InChI=1S/C13H18N2O3/c1-3-4-5-8-14(2)13-7-6-12(15(17)18)9-11(13)10-16/h6-7,9-10H,3-5,8H2,1-2H3. The summed E-state index contributed by atoms with van der Waals surface area (Å²) in [6.45, 7) is 2.97. The molecule has 0 heterocycles. The highest BCUT2D eigenvalue weighted by Gasteiger charge is 2.12. The van der Waals surface area contributed by atoms with Gasteiger partial charge in [-0.05, 0) is 12.5 Å². The summed E-state index contributed by atoms with van der Waals surface area (Å²) in [5.41, 5.74) is 1.05. The molecule has 0 unspecified atom stereocenters. The van der Waals surface area contributed by atoms with Crippen LogP contribution in [0.4, 0.5) is 11.4 Å². The Morgan fingerprint density at radius 2 is 2.11 bits per heavy atom. The topological polar surface area (TPSA) is 63.4 Å². The predicted molar refractivity (Wildman–Crippen MR) is 71.3 cm³/mol. The normalized spacial score (nSPS) is 10.1. The summed E-state index contributed by atoms with van der Waals surface area (Å²) in [5.74, 6) is 0. The summed E-state index contributed by atoms with van der Waals surface area (Å²) in [6.07, 6.45) is 3.98. The van der Waals surface area contributed by atoms with E-state index in [-0.39, 0.29) is 5.69 Å². The van der Waals surface area contributed by atoms with Gasteiger partial charge in [-0.2, -0.15) is 0 Å². The number of carbonyl (C=O) groups is 1. The number of rotatable bonds is 7. The fraction of sp³-hybridized carbons (Fsp3) is 0.462. The Balaban J connectivity index is 2.87. The summed E-state index contributed by atoms with van der Waals surface area (Å²) >= 11 is 0. The first-order chi connectivity index (χ1) is 8.60. The summed E-state index contributed by atoms with van der Waals surface area (Å²) in [6, 6.07) is 4.38. The van der Waals surface area contributed by atoms with Gasteiger partial charge < -0.3 is 4.90 Å². The van der Waals surface area contributed by atoms with Crippen LogP contribution in [-0.2, 0) is 0 Å². The van der Waals surface area contributed by atoms with E-state index in [1.165, 1.54) is 12.1 Å². The fourth-order valence-electron chi connectivity index (χ4n) is 1.82. The molecule has 0 aliphatic carbocycles. The lowest BCUT2D eigenvalue weighted by molar-refractivity contribution is -0.384. The largest absolute Gasteiger partial charge is 0.374 e. The number of unbranched alkanes of at least 4 members (excludes halogenated alkanes) is 2. The fourth-order valence-corrected chi connectivity index (χ4v) is 1.82. The molecule has 0 atom stereocenters. The van der Waals surface area contributed by atoms with E-state index in [1.54, 1.807) is 6.07 Å². The molecule has 0 aromatic heterocycles. The van der Waals surface area contributed by atoms with Crippen LogP contribution in [-0.4, -0.2) is 24.8 Å². The van der Waals surface area contributed by atoms with E-state index >= 15 is 0 Å². The molecule has 1 aromatic rings. The second kappa shape index (κ2) is 6.74. The molecule has 0 N–H and O–H groups in total. The van der Waals surface area contributed by atoms with E-state index in [4.69, 9.17) is 0 Å². The number of nitro groups is 1. The lowest BCUT2D eigenvalue weighted by Crippen LogP contribution is -2.19. The zero-order chi connectivity index (χ0) is 13.5. The van der Waals surface area contributed by atoms with E-state index in [1.807, 2.05) is 11.9 Å². The van der Waals surface area contributed by atoms with Crippen molar-refractivity contribution in [3.63, 3.8) is 0 Å². The zero-order valence-corrected chi connectivity index (χ0v) is 10.8. The third kappa shape index (κ3) is 3.55. The van der Waals surface area contributed by atoms with Gasteiger partial charge in [-0.3, -0.25) is 14.9 Å². The van der Waals surface area contributed by atoms with Crippen molar-refractivity contribution in [1.82, 2.24) is 0 Å². The third-order valence-electron chi connectivity index (χ3n) is 2.86. The van der Waals surface area contributed by atoms with Gasteiger partial charge in [0.2, 0.25) is 0 Å². The van der Waals surface area contributed by atoms with Gasteiger partial charge in [0.25, 0.3) is 5.69 Å². The van der Waals surface area contributed by atoms with Gasteiger partial charge in [-0.1, -0.05) is 19.8 Å². The number of nitrogens with zero attached hydrogens (tertiary/aromatic N) is 2. The second-order valence-corrected chi connectivity index (χ2v) is 4.25. The molecular formula is C13H18N2O3. The number of aldehydes is 1. The van der Waals surface area contributed by atoms with Crippen molar-refractivity contribution in [2.75, 3.05) is 18.5 Å². The SMILES string of the molecule is CCCCCN(C)c1ccc([N+](=O)[O-])cc1C=O. The smallest absolute Gasteiger partial charge is 0.270 e. The monoisotopic (exact) mass is 250 g/mol. The number of carbonyl (C=O) groups excluding carboxylic acids is 1. The molecule has 5 nitrogen and oxygen atoms in total. The van der Waals surface area contributed by atoms with Gasteiger partial charge in [-0.15, -0.1) is 0 Å². The molecule has 0 radical (unpaired) electrons. The Morgan fingerprint density at radius 1 is 1.39 bits per heavy atom. The minimum Gasteiger partial charge on any atom is -0.374 e. The van der Waals surface area contributed by atoms with Crippen molar-refractivity contribution in [3.8, 4) is 0 Å². The molecule has 0 aliphatic heterocycles. The van der Waals surface area contributed by atoms with Crippen molar-refractivity contribution in [2.45, 2.75) is 26.2 Å².